The number of carbonyl (C=O) groups excluding carboxylic acids is 2. The first-order valence-corrected chi connectivity index (χ1v) is 7.35. The minimum atomic E-state index is -0.819. The summed E-state index contributed by atoms with van der Waals surface area (Å²) in [6.07, 6.45) is 0.395. The molecule has 0 aliphatic carbocycles. The molecule has 1 aromatic carbocycles. The van der Waals surface area contributed by atoms with Crippen molar-refractivity contribution in [2.75, 3.05) is 6.54 Å². The number of nitrogens with one attached hydrogen (secondary N) is 2. The molecule has 2 amide bonds. The molecule has 22 heavy (non-hydrogen) atoms. The topological polar surface area (TPSA) is 110 Å². The first-order valence-electron chi connectivity index (χ1n) is 7.35. The van der Waals surface area contributed by atoms with Crippen LogP contribution < -0.4 is 22.1 Å². The van der Waals surface area contributed by atoms with Gasteiger partial charge in [-0.2, -0.15) is 0 Å². The third-order valence-electron chi connectivity index (χ3n) is 3.00. The Morgan fingerprint density at radius 2 is 1.73 bits per heavy atom. The zero-order valence-electron chi connectivity index (χ0n) is 13.4. The molecule has 0 unspecified atom stereocenters. The number of carbonyl (C=O) groups is 2. The third-order valence-corrected chi connectivity index (χ3v) is 3.00. The molecule has 0 saturated heterocycles. The van der Waals surface area contributed by atoms with E-state index in [-0.39, 0.29) is 18.0 Å². The van der Waals surface area contributed by atoms with E-state index < -0.39 is 18.0 Å². The quantitative estimate of drug-likeness (QED) is 0.589. The van der Waals surface area contributed by atoms with Gasteiger partial charge in [-0.25, -0.2) is 0 Å². The lowest BCUT2D eigenvalue weighted by atomic mass is 10.0. The van der Waals surface area contributed by atoms with Crippen molar-refractivity contribution in [2.45, 2.75) is 44.8 Å². The molecule has 2 atom stereocenters. The van der Waals surface area contributed by atoms with Gasteiger partial charge >= 0.3 is 0 Å². The van der Waals surface area contributed by atoms with Crippen molar-refractivity contribution in [1.29, 1.82) is 0 Å². The average molecular weight is 306 g/mol. The number of hydrogen-bond donors (Lipinski definition) is 4. The minimum absolute atomic E-state index is 0.0325. The maximum absolute atomic E-state index is 12.4. The van der Waals surface area contributed by atoms with Crippen molar-refractivity contribution in [3.8, 4) is 0 Å². The lowest BCUT2D eigenvalue weighted by Gasteiger charge is -2.26. The first-order chi connectivity index (χ1) is 10.2. The summed E-state index contributed by atoms with van der Waals surface area (Å²) >= 11 is 0. The molecule has 6 N–H and O–H groups in total. The van der Waals surface area contributed by atoms with Gasteiger partial charge in [0.05, 0.1) is 6.04 Å². The Morgan fingerprint density at radius 3 is 2.23 bits per heavy atom. The smallest absolute Gasteiger partial charge is 0.243 e. The Hall–Kier alpha value is -1.92. The average Bonchev–Trinajstić information content (AvgIpc) is 2.44. The second-order valence-corrected chi connectivity index (χ2v) is 6.33. The normalized spacial score (nSPS) is 14.0. The molecule has 6 heteroatoms. The largest absolute Gasteiger partial charge is 0.350 e. The lowest BCUT2D eigenvalue weighted by molar-refractivity contribution is -0.130. The molecule has 0 aromatic heterocycles. The van der Waals surface area contributed by atoms with Crippen LogP contribution in [0, 0.1) is 0 Å². The van der Waals surface area contributed by atoms with Gasteiger partial charge in [0.2, 0.25) is 11.8 Å². The van der Waals surface area contributed by atoms with Crippen molar-refractivity contribution in [3.05, 3.63) is 35.9 Å². The highest BCUT2D eigenvalue weighted by atomic mass is 16.2. The van der Waals surface area contributed by atoms with Gasteiger partial charge in [-0.3, -0.25) is 9.59 Å². The van der Waals surface area contributed by atoms with Crippen molar-refractivity contribution in [3.63, 3.8) is 0 Å². The van der Waals surface area contributed by atoms with Crippen LogP contribution in [0.25, 0.3) is 0 Å². The summed E-state index contributed by atoms with van der Waals surface area (Å²) in [4.78, 5) is 24.4. The predicted molar refractivity (Wildman–Crippen MR) is 87.0 cm³/mol. The van der Waals surface area contributed by atoms with E-state index in [1.54, 1.807) is 0 Å². The van der Waals surface area contributed by atoms with Crippen molar-refractivity contribution >= 4 is 11.8 Å². The Morgan fingerprint density at radius 1 is 1.14 bits per heavy atom. The summed E-state index contributed by atoms with van der Waals surface area (Å²) in [6.45, 7) is 5.69. The van der Waals surface area contributed by atoms with Gasteiger partial charge in [-0.15, -0.1) is 0 Å². The fourth-order valence-corrected chi connectivity index (χ4v) is 1.90. The molecule has 1 rings (SSSR count). The van der Waals surface area contributed by atoms with Crippen LogP contribution >= 0.6 is 0 Å². The lowest BCUT2D eigenvalue weighted by Crippen LogP contribution is -2.56. The predicted octanol–water partition coefficient (Wildman–Crippen LogP) is -0.0854. The number of hydrogen-bond acceptors (Lipinski definition) is 4. The second kappa shape index (κ2) is 7.91. The summed E-state index contributed by atoms with van der Waals surface area (Å²) in [5.74, 6) is -0.665. The number of nitrogens with two attached hydrogens (primary N) is 2. The summed E-state index contributed by atoms with van der Waals surface area (Å²) in [5.41, 5.74) is 11.6. The maximum atomic E-state index is 12.4. The van der Waals surface area contributed by atoms with Crippen molar-refractivity contribution < 1.29 is 9.59 Å². The zero-order valence-corrected chi connectivity index (χ0v) is 13.4. The number of amides is 2. The first kappa shape index (κ1) is 18.1. The molecule has 6 nitrogen and oxygen atoms in total. The van der Waals surface area contributed by atoms with Gasteiger partial charge in [0.15, 0.2) is 0 Å². The van der Waals surface area contributed by atoms with Crippen LogP contribution in [0.1, 0.15) is 26.3 Å². The highest BCUT2D eigenvalue weighted by Crippen LogP contribution is 2.06. The Kier molecular flexibility index (Phi) is 6.52. The van der Waals surface area contributed by atoms with Crippen molar-refractivity contribution in [1.82, 2.24) is 10.6 Å². The number of rotatable bonds is 6. The van der Waals surface area contributed by atoms with E-state index in [0.29, 0.717) is 6.42 Å². The fraction of sp³-hybridized carbons (Fsp3) is 0.500. The van der Waals surface area contributed by atoms with E-state index in [0.717, 1.165) is 5.56 Å². The third kappa shape index (κ3) is 6.24. The van der Waals surface area contributed by atoms with Gasteiger partial charge in [0.1, 0.15) is 6.04 Å². The van der Waals surface area contributed by atoms with E-state index in [1.807, 2.05) is 51.1 Å². The van der Waals surface area contributed by atoms with Gasteiger partial charge in [-0.1, -0.05) is 30.3 Å². The molecular weight excluding hydrogens is 280 g/mol. The van der Waals surface area contributed by atoms with Gasteiger partial charge in [-0.05, 0) is 26.3 Å². The van der Waals surface area contributed by atoms with Crippen LogP contribution in [0.2, 0.25) is 0 Å². The van der Waals surface area contributed by atoms with Gasteiger partial charge in [0, 0.05) is 18.5 Å². The van der Waals surface area contributed by atoms with Crippen LogP contribution in [0.3, 0.4) is 0 Å². The minimum Gasteiger partial charge on any atom is -0.350 e. The Bertz CT molecular complexity index is 497. The second-order valence-electron chi connectivity index (χ2n) is 6.33. The van der Waals surface area contributed by atoms with E-state index in [1.165, 1.54) is 0 Å². The maximum Gasteiger partial charge on any atom is 0.243 e. The van der Waals surface area contributed by atoms with Crippen LogP contribution in [0.4, 0.5) is 0 Å². The molecule has 122 valence electrons. The SMILES string of the molecule is CC(C)(C)NC(=O)[C@H](Cc1ccccc1)NC(=O)[C@@H](N)CN. The molecule has 0 heterocycles. The molecule has 0 aliphatic heterocycles. The summed E-state index contributed by atoms with van der Waals surface area (Å²) < 4.78 is 0. The molecule has 0 saturated carbocycles. The molecule has 0 aliphatic rings. The van der Waals surface area contributed by atoms with E-state index in [9.17, 15) is 9.59 Å². The van der Waals surface area contributed by atoms with Gasteiger partial charge in [0.25, 0.3) is 0 Å². The van der Waals surface area contributed by atoms with E-state index in [2.05, 4.69) is 10.6 Å². The summed E-state index contributed by atoms with van der Waals surface area (Å²) in [6, 6.07) is 7.99. The van der Waals surface area contributed by atoms with Crippen molar-refractivity contribution in [2.24, 2.45) is 11.5 Å². The summed E-state index contributed by atoms with van der Waals surface area (Å²) in [7, 11) is 0. The zero-order chi connectivity index (χ0) is 16.8. The highest BCUT2D eigenvalue weighted by Gasteiger charge is 2.26. The van der Waals surface area contributed by atoms with Crippen LogP contribution in [0.15, 0.2) is 30.3 Å². The molecule has 0 bridgehead atoms. The van der Waals surface area contributed by atoms with E-state index in [4.69, 9.17) is 11.5 Å². The molecular formula is C16H26N4O2. The Labute approximate surface area is 131 Å². The van der Waals surface area contributed by atoms with E-state index >= 15 is 0 Å². The molecule has 0 fully saturated rings. The molecule has 0 radical (unpaired) electrons. The molecule has 1 aromatic rings. The molecule has 0 spiro atoms. The van der Waals surface area contributed by atoms with Crippen LogP contribution in [-0.2, 0) is 16.0 Å². The number of benzene rings is 1. The monoisotopic (exact) mass is 306 g/mol. The fourth-order valence-electron chi connectivity index (χ4n) is 1.90. The van der Waals surface area contributed by atoms with Gasteiger partial charge < -0.3 is 22.1 Å². The standard InChI is InChI=1S/C16H26N4O2/c1-16(2,3)20-15(22)13(19-14(21)12(18)10-17)9-11-7-5-4-6-8-11/h4-8,12-13H,9-10,17-18H2,1-3H3,(H,19,21)(H,20,22)/t12-,13-/m0/s1. The highest BCUT2D eigenvalue weighted by molar-refractivity contribution is 5.90. The van der Waals surface area contributed by atoms with Crippen LogP contribution in [-0.4, -0.2) is 36.0 Å². The summed E-state index contributed by atoms with van der Waals surface area (Å²) in [5, 5.41) is 5.56. The Balaban J connectivity index is 2.85. The van der Waals surface area contributed by atoms with Crippen LogP contribution in [0.5, 0.6) is 0 Å².